The van der Waals surface area contributed by atoms with E-state index in [0.29, 0.717) is 24.3 Å². The number of hydrogen-bond donors (Lipinski definition) is 2. The fraction of sp³-hybridized carbons (Fsp3) is 0.556. The first-order valence-electron chi connectivity index (χ1n) is 8.66. The van der Waals surface area contributed by atoms with E-state index in [1.54, 1.807) is 0 Å². The van der Waals surface area contributed by atoms with Crippen LogP contribution in [0.4, 0.5) is 5.95 Å². The van der Waals surface area contributed by atoms with Gasteiger partial charge in [0.05, 0.1) is 17.6 Å². The maximum absolute atomic E-state index is 12.8. The zero-order valence-electron chi connectivity index (χ0n) is 14.4. The van der Waals surface area contributed by atoms with Gasteiger partial charge < -0.3 is 19.9 Å². The highest BCUT2D eigenvalue weighted by atomic mass is 16.3. The molecule has 1 amide bonds. The third kappa shape index (κ3) is 3.53. The van der Waals surface area contributed by atoms with Crippen molar-refractivity contribution in [2.45, 2.75) is 26.8 Å². The van der Waals surface area contributed by atoms with Crippen LogP contribution in [-0.2, 0) is 11.3 Å². The van der Waals surface area contributed by atoms with E-state index in [9.17, 15) is 4.79 Å². The van der Waals surface area contributed by atoms with Crippen molar-refractivity contribution >= 4 is 22.9 Å². The van der Waals surface area contributed by atoms with E-state index in [0.717, 1.165) is 24.1 Å². The first kappa shape index (κ1) is 16.8. The molecule has 0 spiro atoms. The number of anilines is 1. The van der Waals surface area contributed by atoms with Crippen molar-refractivity contribution in [1.29, 1.82) is 0 Å². The summed E-state index contributed by atoms with van der Waals surface area (Å²) >= 11 is 0. The molecule has 1 fully saturated rings. The minimum absolute atomic E-state index is 0.0261. The van der Waals surface area contributed by atoms with Gasteiger partial charge in [0.15, 0.2) is 0 Å². The standard InChI is InChI=1S/C18H26N4O2/c1-13-9-14(2)11-21(10-13)17(24)12-22-16-6-4-3-5-15(16)20-18(22)19-7-8-23/h3-6,13-14,23H,7-12H2,1-2H3,(H,19,20)/t13-,14-/m1/s1. The van der Waals surface area contributed by atoms with Crippen LogP contribution in [0, 0.1) is 11.8 Å². The quantitative estimate of drug-likeness (QED) is 0.879. The number of rotatable bonds is 5. The smallest absolute Gasteiger partial charge is 0.242 e. The number of amides is 1. The second kappa shape index (κ2) is 7.21. The van der Waals surface area contributed by atoms with Gasteiger partial charge in [-0.2, -0.15) is 0 Å². The van der Waals surface area contributed by atoms with Crippen LogP contribution >= 0.6 is 0 Å². The molecule has 2 N–H and O–H groups in total. The molecule has 0 saturated carbocycles. The summed E-state index contributed by atoms with van der Waals surface area (Å²) in [6, 6.07) is 7.80. The highest BCUT2D eigenvalue weighted by Crippen LogP contribution is 2.23. The Hall–Kier alpha value is -2.08. The van der Waals surface area contributed by atoms with Crippen LogP contribution in [0.3, 0.4) is 0 Å². The molecule has 0 unspecified atom stereocenters. The van der Waals surface area contributed by atoms with Gasteiger partial charge >= 0.3 is 0 Å². The molecule has 6 nitrogen and oxygen atoms in total. The summed E-state index contributed by atoms with van der Waals surface area (Å²) in [5.41, 5.74) is 1.79. The number of nitrogens with one attached hydrogen (secondary N) is 1. The number of para-hydroxylation sites is 2. The average molecular weight is 330 g/mol. The summed E-state index contributed by atoms with van der Waals surface area (Å²) in [4.78, 5) is 19.4. The average Bonchev–Trinajstić information content (AvgIpc) is 2.90. The number of aliphatic hydroxyl groups excluding tert-OH is 1. The van der Waals surface area contributed by atoms with Gasteiger partial charge in [0, 0.05) is 19.6 Å². The van der Waals surface area contributed by atoms with Crippen LogP contribution in [0.5, 0.6) is 0 Å². The molecule has 2 heterocycles. The third-order valence-electron chi connectivity index (χ3n) is 4.56. The van der Waals surface area contributed by atoms with Crippen molar-refractivity contribution in [3.8, 4) is 0 Å². The summed E-state index contributed by atoms with van der Waals surface area (Å²) in [5.74, 6) is 1.86. The number of nitrogens with zero attached hydrogens (tertiary/aromatic N) is 3. The van der Waals surface area contributed by atoms with E-state index < -0.39 is 0 Å². The van der Waals surface area contributed by atoms with Gasteiger partial charge in [-0.3, -0.25) is 4.79 Å². The Morgan fingerprint density at radius 1 is 1.29 bits per heavy atom. The Morgan fingerprint density at radius 2 is 2.00 bits per heavy atom. The number of carbonyl (C=O) groups is 1. The molecule has 1 aromatic carbocycles. The molecule has 0 bridgehead atoms. The highest BCUT2D eigenvalue weighted by Gasteiger charge is 2.26. The molecular weight excluding hydrogens is 304 g/mol. The molecule has 6 heteroatoms. The fourth-order valence-corrected chi connectivity index (χ4v) is 3.64. The van der Waals surface area contributed by atoms with Crippen LogP contribution in [0.15, 0.2) is 24.3 Å². The SMILES string of the molecule is C[C@@H]1C[C@@H](C)CN(C(=O)Cn2c(NCCO)nc3ccccc32)C1. The lowest BCUT2D eigenvalue weighted by atomic mass is 9.92. The molecule has 1 aliphatic rings. The molecule has 24 heavy (non-hydrogen) atoms. The van der Waals surface area contributed by atoms with Crippen LogP contribution in [0.2, 0.25) is 0 Å². The first-order chi connectivity index (χ1) is 11.6. The number of imidazole rings is 1. The molecule has 130 valence electrons. The Kier molecular flexibility index (Phi) is 5.04. The van der Waals surface area contributed by atoms with Crippen LogP contribution in [0.1, 0.15) is 20.3 Å². The van der Waals surface area contributed by atoms with Gasteiger partial charge in [-0.05, 0) is 30.4 Å². The Labute approximate surface area is 142 Å². The molecule has 2 atom stereocenters. The van der Waals surface area contributed by atoms with Crippen LogP contribution in [-0.4, -0.2) is 51.7 Å². The fourth-order valence-electron chi connectivity index (χ4n) is 3.64. The van der Waals surface area contributed by atoms with E-state index in [4.69, 9.17) is 5.11 Å². The van der Waals surface area contributed by atoms with Crippen molar-refractivity contribution in [2.75, 3.05) is 31.6 Å². The maximum Gasteiger partial charge on any atom is 0.242 e. The number of aliphatic hydroxyl groups is 1. The number of piperidine rings is 1. The second-order valence-corrected chi connectivity index (χ2v) is 6.91. The number of fused-ring (bicyclic) bond motifs is 1. The normalized spacial score (nSPS) is 21.2. The van der Waals surface area contributed by atoms with E-state index in [2.05, 4.69) is 24.1 Å². The number of carbonyl (C=O) groups excluding carboxylic acids is 1. The topological polar surface area (TPSA) is 70.4 Å². The molecule has 0 aliphatic carbocycles. The minimum Gasteiger partial charge on any atom is -0.395 e. The Balaban J connectivity index is 1.83. The summed E-state index contributed by atoms with van der Waals surface area (Å²) in [5, 5.41) is 12.2. The molecule has 1 aromatic heterocycles. The third-order valence-corrected chi connectivity index (χ3v) is 4.56. The van der Waals surface area contributed by atoms with E-state index in [1.807, 2.05) is 33.7 Å². The van der Waals surface area contributed by atoms with Crippen molar-refractivity contribution in [1.82, 2.24) is 14.5 Å². The van der Waals surface area contributed by atoms with Gasteiger partial charge in [-0.25, -0.2) is 4.98 Å². The van der Waals surface area contributed by atoms with Gasteiger partial charge in [-0.15, -0.1) is 0 Å². The molecular formula is C18H26N4O2. The highest BCUT2D eigenvalue weighted by molar-refractivity contribution is 5.83. The van der Waals surface area contributed by atoms with Gasteiger partial charge in [-0.1, -0.05) is 26.0 Å². The summed E-state index contributed by atoms with van der Waals surface area (Å²) in [6.45, 7) is 6.78. The van der Waals surface area contributed by atoms with Gasteiger partial charge in [0.1, 0.15) is 6.54 Å². The maximum atomic E-state index is 12.8. The van der Waals surface area contributed by atoms with E-state index >= 15 is 0 Å². The zero-order chi connectivity index (χ0) is 17.1. The van der Waals surface area contributed by atoms with Gasteiger partial charge in [0.2, 0.25) is 11.9 Å². The largest absolute Gasteiger partial charge is 0.395 e. The second-order valence-electron chi connectivity index (χ2n) is 6.91. The Bertz CT molecular complexity index is 702. The van der Waals surface area contributed by atoms with Crippen molar-refractivity contribution in [3.63, 3.8) is 0 Å². The van der Waals surface area contributed by atoms with Crippen molar-refractivity contribution < 1.29 is 9.90 Å². The van der Waals surface area contributed by atoms with Crippen molar-refractivity contribution in [2.24, 2.45) is 11.8 Å². The summed E-state index contributed by atoms with van der Waals surface area (Å²) < 4.78 is 1.91. The predicted octanol–water partition coefficient (Wildman–Crippen LogP) is 1.94. The number of benzene rings is 1. The van der Waals surface area contributed by atoms with E-state index in [-0.39, 0.29) is 19.1 Å². The monoisotopic (exact) mass is 330 g/mol. The molecule has 1 aliphatic heterocycles. The molecule has 2 aromatic rings. The van der Waals surface area contributed by atoms with E-state index in [1.165, 1.54) is 6.42 Å². The summed E-state index contributed by atoms with van der Waals surface area (Å²) in [6.07, 6.45) is 1.18. The van der Waals surface area contributed by atoms with Crippen molar-refractivity contribution in [3.05, 3.63) is 24.3 Å². The Morgan fingerprint density at radius 3 is 2.71 bits per heavy atom. The lowest BCUT2D eigenvalue weighted by Crippen LogP contribution is -2.44. The number of aromatic nitrogens is 2. The predicted molar refractivity (Wildman–Crippen MR) is 94.8 cm³/mol. The lowest BCUT2D eigenvalue weighted by Gasteiger charge is -2.35. The molecule has 0 radical (unpaired) electrons. The van der Waals surface area contributed by atoms with Gasteiger partial charge in [0.25, 0.3) is 0 Å². The number of hydrogen-bond acceptors (Lipinski definition) is 4. The molecule has 3 rings (SSSR count). The molecule has 1 saturated heterocycles. The van der Waals surface area contributed by atoms with Crippen LogP contribution in [0.25, 0.3) is 11.0 Å². The minimum atomic E-state index is 0.0261. The lowest BCUT2D eigenvalue weighted by molar-refractivity contribution is -0.134. The number of likely N-dealkylation sites (tertiary alicyclic amines) is 1. The zero-order valence-corrected chi connectivity index (χ0v) is 14.4. The van der Waals surface area contributed by atoms with Crippen LogP contribution < -0.4 is 5.32 Å². The summed E-state index contributed by atoms with van der Waals surface area (Å²) in [7, 11) is 0. The first-order valence-corrected chi connectivity index (χ1v) is 8.66.